The topological polar surface area (TPSA) is 194 Å². The van der Waals surface area contributed by atoms with Crippen LogP contribution in [0.25, 0.3) is 11.2 Å². The Morgan fingerprint density at radius 2 is 2.04 bits per heavy atom. The normalized spacial score (nSPS) is 10.9. The molecule has 1 amide bonds. The zero-order valence-corrected chi connectivity index (χ0v) is 12.4. The van der Waals surface area contributed by atoms with Crippen LogP contribution in [0.4, 0.5) is 5.82 Å². The number of nitrogens with one attached hydrogen (secondary N) is 1. The van der Waals surface area contributed by atoms with Gasteiger partial charge in [0.15, 0.2) is 11.5 Å². The van der Waals surface area contributed by atoms with Gasteiger partial charge in [0.25, 0.3) is 0 Å². The van der Waals surface area contributed by atoms with E-state index in [4.69, 9.17) is 21.3 Å². The molecule has 0 unspecified atom stereocenters. The number of hydrogen-bond acceptors (Lipinski definition) is 7. The fourth-order valence-corrected chi connectivity index (χ4v) is 1.95. The highest BCUT2D eigenvalue weighted by atomic mass is 31.2. The van der Waals surface area contributed by atoms with Crippen LogP contribution in [-0.2, 0) is 4.57 Å². The lowest BCUT2D eigenvalue weighted by molar-refractivity contribution is 0.1000. The standard InChI is InChI=1S/C6H6N2O.C5H6N5O3P/c7-6(9)5-2-1-3-8-4-5;6-3-2-4(8-1-7-2)10-5(9-3)14(11,12)13/h1-4H,(H2,7,9);1H,(H2,11,12,13)(H3,6,7,8,9,10). The number of aromatic nitrogens is 5. The number of anilines is 1. The summed E-state index contributed by atoms with van der Waals surface area (Å²) in [7, 11) is -4.47. The van der Waals surface area contributed by atoms with Crippen LogP contribution in [0.3, 0.4) is 0 Å². The Morgan fingerprint density at radius 1 is 1.30 bits per heavy atom. The molecule has 7 N–H and O–H groups in total. The van der Waals surface area contributed by atoms with E-state index in [-0.39, 0.29) is 11.5 Å². The molecule has 3 heterocycles. The number of imidazole rings is 1. The highest BCUT2D eigenvalue weighted by molar-refractivity contribution is 7.59. The number of primary amides is 1. The quantitative estimate of drug-likeness (QED) is 0.361. The maximum atomic E-state index is 10.8. The SMILES string of the molecule is NC(=O)c1cccnc1.Nc1nc(P(=O)(O)O)nc2[nH]cnc12. The van der Waals surface area contributed by atoms with Gasteiger partial charge >= 0.3 is 7.60 Å². The largest absolute Gasteiger partial charge is 0.393 e. The zero-order chi connectivity index (χ0) is 17.0. The molecule has 0 aliphatic heterocycles. The van der Waals surface area contributed by atoms with Crippen molar-refractivity contribution in [3.63, 3.8) is 0 Å². The minimum absolute atomic E-state index is 0.0606. The van der Waals surface area contributed by atoms with Crippen LogP contribution < -0.4 is 17.0 Å². The minimum Gasteiger partial charge on any atom is -0.382 e. The molecule has 3 aromatic rings. The molecule has 0 fully saturated rings. The second-order valence-electron chi connectivity index (χ2n) is 4.16. The van der Waals surface area contributed by atoms with Crippen LogP contribution in [0, 0.1) is 0 Å². The number of rotatable bonds is 2. The highest BCUT2D eigenvalue weighted by Crippen LogP contribution is 2.31. The summed E-state index contributed by atoms with van der Waals surface area (Å²) in [5.41, 5.74) is 10.7. The summed E-state index contributed by atoms with van der Waals surface area (Å²) >= 11 is 0. The molecule has 11 nitrogen and oxygen atoms in total. The van der Waals surface area contributed by atoms with Crippen molar-refractivity contribution >= 4 is 36.1 Å². The molecule has 0 atom stereocenters. The molecule has 0 saturated heterocycles. The summed E-state index contributed by atoms with van der Waals surface area (Å²) in [6, 6.07) is 3.29. The van der Waals surface area contributed by atoms with Crippen LogP contribution in [0.1, 0.15) is 10.4 Å². The van der Waals surface area contributed by atoms with Crippen molar-refractivity contribution in [2.45, 2.75) is 0 Å². The van der Waals surface area contributed by atoms with Crippen molar-refractivity contribution in [3.05, 3.63) is 36.4 Å². The first kappa shape index (κ1) is 16.5. The predicted octanol–water partition coefficient (Wildman–Crippen LogP) is -1.08. The molecule has 0 aromatic carbocycles. The number of fused-ring (bicyclic) bond motifs is 1. The van der Waals surface area contributed by atoms with E-state index in [0.717, 1.165) is 0 Å². The Balaban J connectivity index is 0.000000185. The molecule has 12 heteroatoms. The molecule has 3 aromatic heterocycles. The van der Waals surface area contributed by atoms with Crippen molar-refractivity contribution in [2.75, 3.05) is 5.73 Å². The molecular weight excluding hydrogens is 325 g/mol. The summed E-state index contributed by atoms with van der Waals surface area (Å²) in [5.74, 6) is -0.502. The molecule has 0 aliphatic rings. The second kappa shape index (κ2) is 6.48. The van der Waals surface area contributed by atoms with Gasteiger partial charge in [-0.1, -0.05) is 0 Å². The lowest BCUT2D eigenvalue weighted by atomic mass is 10.3. The Bertz CT molecular complexity index is 876. The Morgan fingerprint density at radius 3 is 2.57 bits per heavy atom. The van der Waals surface area contributed by atoms with Crippen molar-refractivity contribution in [1.29, 1.82) is 0 Å². The monoisotopic (exact) mass is 337 g/mol. The lowest BCUT2D eigenvalue weighted by Gasteiger charge is -2.02. The molecule has 0 aliphatic carbocycles. The van der Waals surface area contributed by atoms with Gasteiger partial charge in [-0.2, -0.15) is 0 Å². The van der Waals surface area contributed by atoms with Crippen LogP contribution in [-0.4, -0.2) is 40.6 Å². The first-order chi connectivity index (χ1) is 10.8. The maximum absolute atomic E-state index is 10.8. The van der Waals surface area contributed by atoms with E-state index in [2.05, 4.69) is 24.9 Å². The first-order valence-electron chi connectivity index (χ1n) is 6.01. The fraction of sp³-hybridized carbons (Fsp3) is 0. The summed E-state index contributed by atoms with van der Waals surface area (Å²) < 4.78 is 10.8. The smallest absolute Gasteiger partial charge is 0.382 e. The van der Waals surface area contributed by atoms with E-state index >= 15 is 0 Å². The first-order valence-corrected chi connectivity index (χ1v) is 7.63. The lowest BCUT2D eigenvalue weighted by Crippen LogP contribution is -2.16. The van der Waals surface area contributed by atoms with Crippen molar-refractivity contribution in [1.82, 2.24) is 24.9 Å². The molecular formula is C11H12N7O4P. The average Bonchev–Trinajstić information content (AvgIpc) is 2.97. The number of amides is 1. The summed E-state index contributed by atoms with van der Waals surface area (Å²) in [5, 5.41) is 0. The molecule has 0 spiro atoms. The van der Waals surface area contributed by atoms with Crippen LogP contribution in [0.15, 0.2) is 30.9 Å². The Labute approximate surface area is 129 Å². The molecule has 0 saturated carbocycles. The number of nitrogen functional groups attached to an aromatic ring is 1. The molecule has 3 rings (SSSR count). The van der Waals surface area contributed by atoms with Gasteiger partial charge in [-0.15, -0.1) is 0 Å². The molecule has 0 bridgehead atoms. The van der Waals surface area contributed by atoms with Gasteiger partial charge < -0.3 is 26.2 Å². The third-order valence-electron chi connectivity index (χ3n) is 2.50. The average molecular weight is 337 g/mol. The Kier molecular flexibility index (Phi) is 4.65. The van der Waals surface area contributed by atoms with Crippen molar-refractivity contribution < 1.29 is 19.1 Å². The summed E-state index contributed by atoms with van der Waals surface area (Å²) in [6.07, 6.45) is 4.34. The van der Waals surface area contributed by atoms with Gasteiger partial charge in [0.2, 0.25) is 11.5 Å². The molecule has 0 radical (unpaired) electrons. The van der Waals surface area contributed by atoms with Crippen LogP contribution in [0.5, 0.6) is 0 Å². The summed E-state index contributed by atoms with van der Waals surface area (Å²) in [6.45, 7) is 0. The number of pyridine rings is 1. The van der Waals surface area contributed by atoms with E-state index in [1.165, 1.54) is 12.5 Å². The minimum atomic E-state index is -4.47. The van der Waals surface area contributed by atoms with Gasteiger partial charge in [-0.3, -0.25) is 14.3 Å². The number of nitrogens with two attached hydrogens (primary N) is 2. The predicted molar refractivity (Wildman–Crippen MR) is 80.5 cm³/mol. The third-order valence-corrected chi connectivity index (χ3v) is 3.22. The van der Waals surface area contributed by atoms with Crippen LogP contribution in [0.2, 0.25) is 0 Å². The van der Waals surface area contributed by atoms with Gasteiger partial charge in [-0.05, 0) is 12.1 Å². The molecule has 23 heavy (non-hydrogen) atoms. The number of H-pyrrole nitrogens is 1. The number of nitrogens with zero attached hydrogens (tertiary/aromatic N) is 4. The number of aromatic amines is 1. The number of carbonyl (C=O) groups is 1. The van der Waals surface area contributed by atoms with Gasteiger partial charge in [-0.25, -0.2) is 15.0 Å². The van der Waals surface area contributed by atoms with Crippen LogP contribution >= 0.6 is 7.60 Å². The van der Waals surface area contributed by atoms with Gasteiger partial charge in [0.1, 0.15) is 5.52 Å². The zero-order valence-electron chi connectivity index (χ0n) is 11.5. The van der Waals surface area contributed by atoms with E-state index in [1.54, 1.807) is 18.3 Å². The van der Waals surface area contributed by atoms with Gasteiger partial charge in [0, 0.05) is 12.4 Å². The van der Waals surface area contributed by atoms with E-state index < -0.39 is 19.1 Å². The van der Waals surface area contributed by atoms with Crippen molar-refractivity contribution in [3.8, 4) is 0 Å². The third kappa shape index (κ3) is 4.07. The number of hydrogen-bond donors (Lipinski definition) is 5. The number of carbonyl (C=O) groups excluding carboxylic acids is 1. The highest BCUT2D eigenvalue weighted by Gasteiger charge is 2.23. The molecule has 120 valence electrons. The maximum Gasteiger partial charge on any atom is 0.393 e. The van der Waals surface area contributed by atoms with E-state index in [0.29, 0.717) is 11.1 Å². The fourth-order valence-electron chi connectivity index (χ4n) is 1.48. The second-order valence-corrected chi connectivity index (χ2v) is 5.65. The van der Waals surface area contributed by atoms with Crippen molar-refractivity contribution in [2.24, 2.45) is 5.73 Å². The van der Waals surface area contributed by atoms with E-state index in [1.807, 2.05) is 0 Å². The Hall–Kier alpha value is -2.88. The van der Waals surface area contributed by atoms with E-state index in [9.17, 15) is 9.36 Å². The van der Waals surface area contributed by atoms with Gasteiger partial charge in [0.05, 0.1) is 11.9 Å². The summed E-state index contributed by atoms with van der Waals surface area (Å²) in [4.78, 5) is 45.1.